The summed E-state index contributed by atoms with van der Waals surface area (Å²) in [6.45, 7) is 6.23. The van der Waals surface area contributed by atoms with E-state index in [9.17, 15) is 0 Å². The van der Waals surface area contributed by atoms with Gasteiger partial charge in [0.1, 0.15) is 0 Å². The first-order valence-electron chi connectivity index (χ1n) is 6.16. The minimum atomic E-state index is 1.25. The Bertz CT molecular complexity index is 99.7. The number of hydrogen-bond acceptors (Lipinski definition) is 1. The van der Waals surface area contributed by atoms with Crippen molar-refractivity contribution in [3.63, 3.8) is 0 Å². The predicted octanol–water partition coefficient (Wildman–Crippen LogP) is 3.44. The topological polar surface area (TPSA) is 3.24 Å². The lowest BCUT2D eigenvalue weighted by Gasteiger charge is -2.19. The van der Waals surface area contributed by atoms with Crippen molar-refractivity contribution in [2.75, 3.05) is 19.6 Å². The molecule has 1 heterocycles. The molecule has 0 bridgehead atoms. The zero-order valence-electron chi connectivity index (χ0n) is 9.23. The summed E-state index contributed by atoms with van der Waals surface area (Å²) in [4.78, 5) is 2.62. The first kappa shape index (κ1) is 11.0. The van der Waals surface area contributed by atoms with Gasteiger partial charge in [0.05, 0.1) is 0 Å². The zero-order valence-corrected chi connectivity index (χ0v) is 9.23. The molecule has 0 unspecified atom stereocenters. The Kier molecular flexibility index (Phi) is 6.26. The summed E-state index contributed by atoms with van der Waals surface area (Å²) in [6.07, 6.45) is 11.7. The Morgan fingerprint density at radius 1 is 0.692 bits per heavy atom. The highest BCUT2D eigenvalue weighted by molar-refractivity contribution is 4.58. The van der Waals surface area contributed by atoms with Gasteiger partial charge in [-0.3, -0.25) is 0 Å². The molecule has 78 valence electrons. The molecular weight excluding hydrogens is 158 g/mol. The largest absolute Gasteiger partial charge is 0.304 e. The maximum atomic E-state index is 2.62. The van der Waals surface area contributed by atoms with Crippen LogP contribution < -0.4 is 0 Å². The molecule has 0 aromatic rings. The number of rotatable bonds is 1. The van der Waals surface area contributed by atoms with Crippen LogP contribution in [0.5, 0.6) is 0 Å². The Morgan fingerprint density at radius 3 is 1.46 bits per heavy atom. The highest BCUT2D eigenvalue weighted by Crippen LogP contribution is 2.11. The molecule has 0 N–H and O–H groups in total. The molecule has 0 atom stereocenters. The van der Waals surface area contributed by atoms with E-state index < -0.39 is 0 Å². The molecule has 0 aromatic carbocycles. The molecule has 1 rings (SSSR count). The summed E-state index contributed by atoms with van der Waals surface area (Å²) in [7, 11) is 0. The first-order chi connectivity index (χ1) is 6.43. The Morgan fingerprint density at radius 2 is 1.08 bits per heavy atom. The number of hydrogen-bond donors (Lipinski definition) is 0. The quantitative estimate of drug-likeness (QED) is 0.602. The SMILES string of the molecule is CCN1CCCCCCCCCC1. The van der Waals surface area contributed by atoms with Crippen molar-refractivity contribution in [2.24, 2.45) is 0 Å². The molecule has 13 heavy (non-hydrogen) atoms. The molecule has 1 aliphatic heterocycles. The molecular formula is C12H25N. The molecule has 0 radical (unpaired) electrons. The molecule has 1 fully saturated rings. The Balaban J connectivity index is 2.18. The van der Waals surface area contributed by atoms with E-state index in [1.807, 2.05) is 0 Å². The van der Waals surface area contributed by atoms with Crippen LogP contribution in [-0.4, -0.2) is 24.5 Å². The van der Waals surface area contributed by atoms with Crippen molar-refractivity contribution in [1.82, 2.24) is 4.90 Å². The summed E-state index contributed by atoms with van der Waals surface area (Å²) in [5.74, 6) is 0. The lowest BCUT2D eigenvalue weighted by atomic mass is 10.1. The molecule has 0 aliphatic carbocycles. The van der Waals surface area contributed by atoms with Gasteiger partial charge in [-0.25, -0.2) is 0 Å². The molecule has 1 saturated heterocycles. The average molecular weight is 183 g/mol. The second-order valence-corrected chi connectivity index (χ2v) is 4.26. The average Bonchev–Trinajstić information content (AvgIpc) is 2.22. The molecule has 0 aromatic heterocycles. The van der Waals surface area contributed by atoms with Gasteiger partial charge < -0.3 is 4.90 Å². The van der Waals surface area contributed by atoms with Gasteiger partial charge in [-0.05, 0) is 32.5 Å². The third-order valence-electron chi connectivity index (χ3n) is 3.15. The van der Waals surface area contributed by atoms with Crippen LogP contribution in [0.2, 0.25) is 0 Å². The minimum Gasteiger partial charge on any atom is -0.304 e. The molecule has 0 spiro atoms. The fourth-order valence-corrected chi connectivity index (χ4v) is 2.16. The lowest BCUT2D eigenvalue weighted by Crippen LogP contribution is -2.25. The summed E-state index contributed by atoms with van der Waals surface area (Å²) < 4.78 is 0. The van der Waals surface area contributed by atoms with Gasteiger partial charge in [0.15, 0.2) is 0 Å². The van der Waals surface area contributed by atoms with E-state index in [0.29, 0.717) is 0 Å². The van der Waals surface area contributed by atoms with Crippen molar-refractivity contribution in [2.45, 2.75) is 58.3 Å². The van der Waals surface area contributed by atoms with Crippen LogP contribution >= 0.6 is 0 Å². The summed E-state index contributed by atoms with van der Waals surface area (Å²) in [6, 6.07) is 0. The maximum absolute atomic E-state index is 2.62. The van der Waals surface area contributed by atoms with Gasteiger partial charge in [-0.1, -0.05) is 45.4 Å². The second-order valence-electron chi connectivity index (χ2n) is 4.26. The summed E-state index contributed by atoms with van der Waals surface area (Å²) >= 11 is 0. The van der Waals surface area contributed by atoms with E-state index in [1.165, 1.54) is 71.0 Å². The minimum absolute atomic E-state index is 1.25. The van der Waals surface area contributed by atoms with Crippen molar-refractivity contribution in [3.05, 3.63) is 0 Å². The van der Waals surface area contributed by atoms with Crippen molar-refractivity contribution in [3.8, 4) is 0 Å². The maximum Gasteiger partial charge on any atom is -0.00189 e. The standard InChI is InChI=1S/C12H25N/c1-2-13-11-9-7-5-3-4-6-8-10-12-13/h2-12H2,1H3. The molecule has 1 heteroatoms. The molecule has 1 aliphatic rings. The van der Waals surface area contributed by atoms with Crippen LogP contribution in [0.25, 0.3) is 0 Å². The van der Waals surface area contributed by atoms with E-state index in [2.05, 4.69) is 11.8 Å². The van der Waals surface area contributed by atoms with Crippen LogP contribution in [0.1, 0.15) is 58.3 Å². The van der Waals surface area contributed by atoms with E-state index in [4.69, 9.17) is 0 Å². The smallest absolute Gasteiger partial charge is 0.00189 e. The summed E-state index contributed by atoms with van der Waals surface area (Å²) in [5, 5.41) is 0. The third kappa shape index (κ3) is 5.30. The first-order valence-corrected chi connectivity index (χ1v) is 6.16. The lowest BCUT2D eigenvalue weighted by molar-refractivity contribution is 0.277. The van der Waals surface area contributed by atoms with E-state index in [1.54, 1.807) is 0 Å². The van der Waals surface area contributed by atoms with Crippen LogP contribution in [0, 0.1) is 0 Å². The van der Waals surface area contributed by atoms with E-state index in [0.717, 1.165) is 0 Å². The van der Waals surface area contributed by atoms with Crippen LogP contribution in [-0.2, 0) is 0 Å². The van der Waals surface area contributed by atoms with Crippen LogP contribution in [0.15, 0.2) is 0 Å². The van der Waals surface area contributed by atoms with Gasteiger partial charge in [0, 0.05) is 0 Å². The second kappa shape index (κ2) is 7.37. The fraction of sp³-hybridized carbons (Fsp3) is 1.00. The fourth-order valence-electron chi connectivity index (χ4n) is 2.16. The highest BCUT2D eigenvalue weighted by atomic mass is 15.1. The van der Waals surface area contributed by atoms with Crippen molar-refractivity contribution >= 4 is 0 Å². The molecule has 0 amide bonds. The normalized spacial score (nSPS) is 23.8. The summed E-state index contributed by atoms with van der Waals surface area (Å²) in [5.41, 5.74) is 0. The Hall–Kier alpha value is -0.0400. The van der Waals surface area contributed by atoms with Crippen molar-refractivity contribution < 1.29 is 0 Å². The molecule has 0 saturated carbocycles. The zero-order chi connectivity index (χ0) is 9.36. The van der Waals surface area contributed by atoms with E-state index in [-0.39, 0.29) is 0 Å². The van der Waals surface area contributed by atoms with Gasteiger partial charge >= 0.3 is 0 Å². The highest BCUT2D eigenvalue weighted by Gasteiger charge is 2.03. The molecule has 1 nitrogen and oxygen atoms in total. The van der Waals surface area contributed by atoms with Crippen LogP contribution in [0.4, 0.5) is 0 Å². The third-order valence-corrected chi connectivity index (χ3v) is 3.15. The van der Waals surface area contributed by atoms with Gasteiger partial charge in [0.25, 0.3) is 0 Å². The van der Waals surface area contributed by atoms with Gasteiger partial charge in [-0.15, -0.1) is 0 Å². The Labute approximate surface area is 83.5 Å². The number of nitrogens with zero attached hydrogens (tertiary/aromatic N) is 1. The predicted molar refractivity (Wildman–Crippen MR) is 59.1 cm³/mol. The monoisotopic (exact) mass is 183 g/mol. The van der Waals surface area contributed by atoms with E-state index >= 15 is 0 Å². The van der Waals surface area contributed by atoms with Crippen molar-refractivity contribution in [1.29, 1.82) is 0 Å². The van der Waals surface area contributed by atoms with Gasteiger partial charge in [0.2, 0.25) is 0 Å². The van der Waals surface area contributed by atoms with Crippen LogP contribution in [0.3, 0.4) is 0 Å². The van der Waals surface area contributed by atoms with Gasteiger partial charge in [-0.2, -0.15) is 0 Å².